The van der Waals surface area contributed by atoms with Crippen molar-refractivity contribution in [2.75, 3.05) is 36.4 Å². The van der Waals surface area contributed by atoms with Crippen LogP contribution in [0.15, 0.2) is 41.5 Å². The number of aromatic nitrogens is 3. The minimum absolute atomic E-state index is 0.208. The van der Waals surface area contributed by atoms with E-state index >= 15 is 0 Å². The summed E-state index contributed by atoms with van der Waals surface area (Å²) in [6, 6.07) is 9.74. The number of nitrogens with zero attached hydrogens (tertiary/aromatic N) is 4. The molecule has 3 aromatic rings. The molecule has 8 heteroatoms. The summed E-state index contributed by atoms with van der Waals surface area (Å²) in [5.74, 6) is 0.397. The van der Waals surface area contributed by atoms with Crippen LogP contribution in [0.5, 0.6) is 0 Å². The van der Waals surface area contributed by atoms with Crippen molar-refractivity contribution in [3.8, 4) is 0 Å². The molecule has 1 fully saturated rings. The van der Waals surface area contributed by atoms with E-state index in [9.17, 15) is 4.79 Å². The van der Waals surface area contributed by atoms with E-state index in [2.05, 4.69) is 63.0 Å². The number of pyridine rings is 1. The maximum absolute atomic E-state index is 12.2. The Kier molecular flexibility index (Phi) is 5.19. The summed E-state index contributed by atoms with van der Waals surface area (Å²) in [5, 5.41) is 3.88. The van der Waals surface area contributed by atoms with Crippen LogP contribution in [0.1, 0.15) is 20.8 Å². The summed E-state index contributed by atoms with van der Waals surface area (Å²) >= 11 is 6.10. The molecule has 152 valence electrons. The second-order valence-corrected chi connectivity index (χ2v) is 8.62. The van der Waals surface area contributed by atoms with Gasteiger partial charge < -0.3 is 15.2 Å². The van der Waals surface area contributed by atoms with E-state index < -0.39 is 0 Å². The largest absolute Gasteiger partial charge is 0.369 e. The van der Waals surface area contributed by atoms with E-state index in [4.69, 9.17) is 11.6 Å². The molecule has 2 N–H and O–H groups in total. The number of aromatic amines is 1. The predicted octanol–water partition coefficient (Wildman–Crippen LogP) is 3.64. The molecule has 0 atom stereocenters. The van der Waals surface area contributed by atoms with Gasteiger partial charge in [0.1, 0.15) is 16.4 Å². The van der Waals surface area contributed by atoms with Gasteiger partial charge in [0.15, 0.2) is 0 Å². The van der Waals surface area contributed by atoms with E-state index in [0.717, 1.165) is 31.9 Å². The molecule has 1 saturated heterocycles. The smallest absolute Gasteiger partial charge is 0.262 e. The number of piperazine rings is 1. The highest BCUT2D eigenvalue weighted by Crippen LogP contribution is 2.26. The average Bonchev–Trinajstić information content (AvgIpc) is 2.68. The molecule has 1 aliphatic heterocycles. The molecule has 4 rings (SSSR count). The van der Waals surface area contributed by atoms with E-state index in [-0.39, 0.29) is 16.3 Å². The van der Waals surface area contributed by atoms with Crippen molar-refractivity contribution < 1.29 is 0 Å². The third kappa shape index (κ3) is 4.21. The van der Waals surface area contributed by atoms with Crippen molar-refractivity contribution in [3.63, 3.8) is 0 Å². The fourth-order valence-corrected chi connectivity index (χ4v) is 3.87. The minimum atomic E-state index is -0.255. The monoisotopic (exact) mass is 412 g/mol. The van der Waals surface area contributed by atoms with E-state index in [1.54, 1.807) is 6.07 Å². The number of anilines is 3. The molecule has 3 heterocycles. The zero-order valence-electron chi connectivity index (χ0n) is 16.9. The van der Waals surface area contributed by atoms with Gasteiger partial charge in [-0.2, -0.15) is 0 Å². The highest BCUT2D eigenvalue weighted by Gasteiger charge is 2.25. The second-order valence-electron chi connectivity index (χ2n) is 8.24. The van der Waals surface area contributed by atoms with Gasteiger partial charge in [-0.1, -0.05) is 11.6 Å². The van der Waals surface area contributed by atoms with Gasteiger partial charge >= 0.3 is 0 Å². The maximum atomic E-state index is 12.2. The van der Waals surface area contributed by atoms with Gasteiger partial charge in [-0.05, 0) is 45.0 Å². The fourth-order valence-electron chi connectivity index (χ4n) is 3.68. The lowest BCUT2D eigenvalue weighted by atomic mass is 10.0. The Morgan fingerprint density at radius 3 is 2.45 bits per heavy atom. The standard InChI is InChI=1S/C21H25ClN6O/c1-21(2,3)28-10-8-27(9-11-28)15-6-4-14(5-7-15)25-19-18-16(12-17(22)26-19)23-13-24-20(18)29/h4-7,12-13H,8-11H2,1-3H3,(H,25,26)(H,23,24,29). The molecule has 0 bridgehead atoms. The van der Waals surface area contributed by atoms with Crippen LogP contribution in [0.25, 0.3) is 10.9 Å². The van der Waals surface area contributed by atoms with Crippen LogP contribution in [0, 0.1) is 0 Å². The van der Waals surface area contributed by atoms with Crippen LogP contribution >= 0.6 is 11.6 Å². The van der Waals surface area contributed by atoms with Gasteiger partial charge in [-0.15, -0.1) is 0 Å². The molecule has 29 heavy (non-hydrogen) atoms. The third-order valence-electron chi connectivity index (χ3n) is 5.32. The van der Waals surface area contributed by atoms with Crippen LogP contribution in [-0.4, -0.2) is 51.6 Å². The minimum Gasteiger partial charge on any atom is -0.369 e. The normalized spacial score (nSPS) is 15.7. The summed E-state index contributed by atoms with van der Waals surface area (Å²) in [6.45, 7) is 10.9. The zero-order chi connectivity index (χ0) is 20.6. The van der Waals surface area contributed by atoms with Crippen LogP contribution in [0.4, 0.5) is 17.2 Å². The van der Waals surface area contributed by atoms with Gasteiger partial charge in [0.05, 0.1) is 11.8 Å². The molecular weight excluding hydrogens is 388 g/mol. The van der Waals surface area contributed by atoms with Crippen molar-refractivity contribution >= 4 is 39.7 Å². The molecule has 1 aliphatic rings. The molecule has 1 aromatic carbocycles. The number of rotatable bonds is 3. The third-order valence-corrected chi connectivity index (χ3v) is 5.51. The number of fused-ring (bicyclic) bond motifs is 1. The molecule has 0 amide bonds. The Labute approximate surface area is 174 Å². The molecule has 0 spiro atoms. The number of benzene rings is 1. The summed E-state index contributed by atoms with van der Waals surface area (Å²) < 4.78 is 0. The summed E-state index contributed by atoms with van der Waals surface area (Å²) in [4.78, 5) is 28.2. The van der Waals surface area contributed by atoms with Crippen molar-refractivity contribution in [1.29, 1.82) is 0 Å². The summed E-state index contributed by atoms with van der Waals surface area (Å²) in [7, 11) is 0. The lowest BCUT2D eigenvalue weighted by Gasteiger charge is -2.43. The Morgan fingerprint density at radius 2 is 1.79 bits per heavy atom. The first-order chi connectivity index (χ1) is 13.8. The van der Waals surface area contributed by atoms with E-state index in [1.165, 1.54) is 12.0 Å². The molecule has 2 aromatic heterocycles. The summed E-state index contributed by atoms with van der Waals surface area (Å²) in [6.07, 6.45) is 1.36. The Balaban J connectivity index is 1.52. The maximum Gasteiger partial charge on any atom is 0.262 e. The Morgan fingerprint density at radius 1 is 1.10 bits per heavy atom. The Hall–Kier alpha value is -2.64. The van der Waals surface area contributed by atoms with Gasteiger partial charge in [-0.25, -0.2) is 9.97 Å². The van der Waals surface area contributed by atoms with Crippen molar-refractivity contribution in [2.24, 2.45) is 0 Å². The van der Waals surface area contributed by atoms with Crippen molar-refractivity contribution in [2.45, 2.75) is 26.3 Å². The van der Waals surface area contributed by atoms with Gasteiger partial charge in [0.2, 0.25) is 0 Å². The number of hydrogen-bond acceptors (Lipinski definition) is 6. The van der Waals surface area contributed by atoms with E-state index in [1.807, 2.05) is 12.1 Å². The highest BCUT2D eigenvalue weighted by atomic mass is 35.5. The van der Waals surface area contributed by atoms with Crippen LogP contribution in [0.3, 0.4) is 0 Å². The van der Waals surface area contributed by atoms with Gasteiger partial charge in [0, 0.05) is 49.2 Å². The zero-order valence-corrected chi connectivity index (χ0v) is 17.6. The first-order valence-corrected chi connectivity index (χ1v) is 10.1. The number of halogens is 1. The van der Waals surface area contributed by atoms with Gasteiger partial charge in [0.25, 0.3) is 5.56 Å². The SMILES string of the molecule is CC(C)(C)N1CCN(c2ccc(Nc3nc(Cl)cc4nc[nH]c(=O)c34)cc2)CC1. The number of hydrogen-bond donors (Lipinski definition) is 2. The van der Waals surface area contributed by atoms with Gasteiger partial charge in [-0.3, -0.25) is 9.69 Å². The summed E-state index contributed by atoms with van der Waals surface area (Å²) in [5.41, 5.74) is 2.48. The number of H-pyrrole nitrogens is 1. The number of nitrogens with one attached hydrogen (secondary N) is 2. The predicted molar refractivity (Wildman–Crippen MR) is 118 cm³/mol. The molecule has 7 nitrogen and oxygen atoms in total. The van der Waals surface area contributed by atoms with Crippen molar-refractivity contribution in [3.05, 3.63) is 52.2 Å². The quantitative estimate of drug-likeness (QED) is 0.639. The van der Waals surface area contributed by atoms with Crippen LogP contribution < -0.4 is 15.8 Å². The molecule has 0 saturated carbocycles. The van der Waals surface area contributed by atoms with E-state index in [0.29, 0.717) is 16.7 Å². The van der Waals surface area contributed by atoms with Crippen LogP contribution in [0.2, 0.25) is 5.15 Å². The first-order valence-electron chi connectivity index (χ1n) is 9.72. The first kappa shape index (κ1) is 19.7. The average molecular weight is 413 g/mol. The van der Waals surface area contributed by atoms with Crippen LogP contribution in [-0.2, 0) is 0 Å². The lowest BCUT2D eigenvalue weighted by Crippen LogP contribution is -2.53. The molecule has 0 radical (unpaired) electrons. The highest BCUT2D eigenvalue weighted by molar-refractivity contribution is 6.30. The molecule has 0 aliphatic carbocycles. The lowest BCUT2D eigenvalue weighted by molar-refractivity contribution is 0.128. The second kappa shape index (κ2) is 7.65. The Bertz CT molecular complexity index is 1070. The molecule has 0 unspecified atom stereocenters. The molecular formula is C21H25ClN6O. The van der Waals surface area contributed by atoms with Crippen molar-refractivity contribution in [1.82, 2.24) is 19.9 Å². The fraction of sp³-hybridized carbons (Fsp3) is 0.381. The topological polar surface area (TPSA) is 77.2 Å².